The number of ether oxygens (including phenoxy) is 1. The van der Waals surface area contributed by atoms with Crippen molar-refractivity contribution in [1.82, 2.24) is 0 Å². The van der Waals surface area contributed by atoms with E-state index in [1.54, 1.807) is 6.07 Å². The lowest BCUT2D eigenvalue weighted by Gasteiger charge is -2.11. The van der Waals surface area contributed by atoms with Gasteiger partial charge < -0.3 is 10.5 Å². The van der Waals surface area contributed by atoms with Crippen LogP contribution in [-0.4, -0.2) is 6.61 Å². The van der Waals surface area contributed by atoms with Crippen LogP contribution < -0.4 is 10.5 Å². The number of hydrogen-bond acceptors (Lipinski definition) is 3. The van der Waals surface area contributed by atoms with E-state index >= 15 is 0 Å². The molecule has 0 heterocycles. The van der Waals surface area contributed by atoms with E-state index in [0.717, 1.165) is 23.4 Å². The van der Waals surface area contributed by atoms with Gasteiger partial charge in [0.2, 0.25) is 0 Å². The highest BCUT2D eigenvalue weighted by atomic mass is 32.2. The molecule has 0 aromatic heterocycles. The molecule has 2 N–H and O–H groups in total. The van der Waals surface area contributed by atoms with Crippen LogP contribution in [0.3, 0.4) is 0 Å². The number of benzene rings is 2. The molecule has 0 aliphatic rings. The van der Waals surface area contributed by atoms with Gasteiger partial charge in [-0.25, -0.2) is 8.78 Å². The van der Waals surface area contributed by atoms with Crippen LogP contribution in [0.2, 0.25) is 0 Å². The van der Waals surface area contributed by atoms with Gasteiger partial charge in [0.05, 0.1) is 12.3 Å². The molecule has 0 radical (unpaired) electrons. The lowest BCUT2D eigenvalue weighted by molar-refractivity contribution is 0.318. The molecule has 0 unspecified atom stereocenters. The van der Waals surface area contributed by atoms with Gasteiger partial charge in [0.25, 0.3) is 0 Å². The molecular weight excluding hydrogens is 280 g/mol. The van der Waals surface area contributed by atoms with Crippen LogP contribution in [0.1, 0.15) is 13.3 Å². The van der Waals surface area contributed by atoms with Crippen LogP contribution in [0.15, 0.2) is 46.2 Å². The third kappa shape index (κ3) is 3.42. The normalized spacial score (nSPS) is 10.6. The second kappa shape index (κ2) is 6.61. The molecule has 0 saturated heterocycles. The van der Waals surface area contributed by atoms with Crippen LogP contribution in [0.4, 0.5) is 14.5 Å². The van der Waals surface area contributed by atoms with E-state index in [4.69, 9.17) is 10.5 Å². The molecule has 2 aromatic rings. The summed E-state index contributed by atoms with van der Waals surface area (Å²) in [7, 11) is 0. The van der Waals surface area contributed by atoms with Crippen LogP contribution in [-0.2, 0) is 0 Å². The molecule has 0 bridgehead atoms. The zero-order valence-electron chi connectivity index (χ0n) is 11.0. The topological polar surface area (TPSA) is 35.2 Å². The molecule has 2 nitrogen and oxygen atoms in total. The van der Waals surface area contributed by atoms with Gasteiger partial charge in [-0.15, -0.1) is 0 Å². The lowest BCUT2D eigenvalue weighted by atomic mass is 10.3. The largest absolute Gasteiger partial charge is 0.491 e. The summed E-state index contributed by atoms with van der Waals surface area (Å²) in [5, 5.41) is 0. The van der Waals surface area contributed by atoms with E-state index in [-0.39, 0.29) is 0 Å². The van der Waals surface area contributed by atoms with Gasteiger partial charge >= 0.3 is 0 Å². The van der Waals surface area contributed by atoms with E-state index in [0.29, 0.717) is 22.9 Å². The van der Waals surface area contributed by atoms with Crippen molar-refractivity contribution in [1.29, 1.82) is 0 Å². The quantitative estimate of drug-likeness (QED) is 0.826. The van der Waals surface area contributed by atoms with Gasteiger partial charge in [0.1, 0.15) is 5.75 Å². The molecule has 5 heteroatoms. The van der Waals surface area contributed by atoms with Gasteiger partial charge in [-0.3, -0.25) is 0 Å². The lowest BCUT2D eigenvalue weighted by Crippen LogP contribution is -1.99. The fourth-order valence-corrected chi connectivity index (χ4v) is 2.53. The van der Waals surface area contributed by atoms with Gasteiger partial charge in [-0.2, -0.15) is 0 Å². The average molecular weight is 295 g/mol. The highest BCUT2D eigenvalue weighted by molar-refractivity contribution is 7.99. The van der Waals surface area contributed by atoms with Crippen molar-refractivity contribution in [3.05, 3.63) is 48.0 Å². The summed E-state index contributed by atoms with van der Waals surface area (Å²) < 4.78 is 31.6. The Morgan fingerprint density at radius 2 is 1.95 bits per heavy atom. The highest BCUT2D eigenvalue weighted by Crippen LogP contribution is 2.37. The summed E-state index contributed by atoms with van der Waals surface area (Å²) in [6.07, 6.45) is 0.889. The van der Waals surface area contributed by atoms with Crippen molar-refractivity contribution in [2.75, 3.05) is 12.3 Å². The van der Waals surface area contributed by atoms with Crippen LogP contribution in [0.25, 0.3) is 0 Å². The molecule has 2 aromatic carbocycles. The Morgan fingerprint density at radius 3 is 2.65 bits per heavy atom. The third-order valence-electron chi connectivity index (χ3n) is 2.61. The Bertz CT molecular complexity index is 604. The third-order valence-corrected chi connectivity index (χ3v) is 3.67. The maximum Gasteiger partial charge on any atom is 0.159 e. The monoisotopic (exact) mass is 295 g/mol. The Labute approximate surface area is 120 Å². The minimum Gasteiger partial charge on any atom is -0.491 e. The molecule has 0 amide bonds. The summed E-state index contributed by atoms with van der Waals surface area (Å²) in [6, 6.07) is 9.20. The van der Waals surface area contributed by atoms with E-state index in [1.807, 2.05) is 19.1 Å². The highest BCUT2D eigenvalue weighted by Gasteiger charge is 2.09. The Hall–Kier alpha value is -1.75. The first-order valence-corrected chi connectivity index (χ1v) is 7.07. The number of para-hydroxylation sites is 1. The standard InChI is InChI=1S/C15H15F2NOS/c1-2-8-19-13-4-3-5-14(15(13)18)20-10-6-7-11(16)12(17)9-10/h3-7,9H,2,8,18H2,1H3. The van der Waals surface area contributed by atoms with Crippen molar-refractivity contribution in [2.24, 2.45) is 0 Å². The molecule has 0 atom stereocenters. The molecule has 2 rings (SSSR count). The van der Waals surface area contributed by atoms with Gasteiger partial charge in [-0.1, -0.05) is 24.8 Å². The van der Waals surface area contributed by atoms with E-state index in [9.17, 15) is 8.78 Å². The Balaban J connectivity index is 2.22. The minimum absolute atomic E-state index is 0.510. The number of anilines is 1. The van der Waals surface area contributed by atoms with Crippen molar-refractivity contribution >= 4 is 17.4 Å². The number of nitrogen functional groups attached to an aromatic ring is 1. The fourth-order valence-electron chi connectivity index (χ4n) is 1.62. The molecule has 0 aliphatic carbocycles. The van der Waals surface area contributed by atoms with Crippen molar-refractivity contribution in [3.63, 3.8) is 0 Å². The van der Waals surface area contributed by atoms with Gasteiger partial charge in [0, 0.05) is 9.79 Å². The molecule has 106 valence electrons. The zero-order chi connectivity index (χ0) is 14.5. The maximum atomic E-state index is 13.2. The van der Waals surface area contributed by atoms with Gasteiger partial charge in [-0.05, 0) is 36.8 Å². The average Bonchev–Trinajstić information content (AvgIpc) is 2.44. The molecule has 0 aliphatic heterocycles. The summed E-state index contributed by atoms with van der Waals surface area (Å²) in [5.74, 6) is -1.12. The predicted molar refractivity (Wildman–Crippen MR) is 77.1 cm³/mol. The summed E-state index contributed by atoms with van der Waals surface area (Å²) >= 11 is 1.27. The molecule has 0 spiro atoms. The van der Waals surface area contributed by atoms with Crippen LogP contribution in [0.5, 0.6) is 5.75 Å². The molecule has 0 fully saturated rings. The molecule has 20 heavy (non-hydrogen) atoms. The molecular formula is C15H15F2NOS. The van der Waals surface area contributed by atoms with Crippen molar-refractivity contribution in [3.8, 4) is 5.75 Å². The predicted octanol–water partition coefficient (Wildman–Crippen LogP) is 4.49. The first-order valence-electron chi connectivity index (χ1n) is 6.26. The fraction of sp³-hybridized carbons (Fsp3) is 0.200. The van der Waals surface area contributed by atoms with Crippen molar-refractivity contribution < 1.29 is 13.5 Å². The first-order chi connectivity index (χ1) is 9.61. The number of rotatable bonds is 5. The number of nitrogens with two attached hydrogens (primary N) is 1. The summed E-state index contributed by atoms with van der Waals surface area (Å²) in [5.41, 5.74) is 6.54. The second-order valence-electron chi connectivity index (χ2n) is 4.19. The first kappa shape index (κ1) is 14.7. The maximum absolute atomic E-state index is 13.2. The van der Waals surface area contributed by atoms with E-state index in [2.05, 4.69) is 0 Å². The van der Waals surface area contributed by atoms with E-state index in [1.165, 1.54) is 17.8 Å². The van der Waals surface area contributed by atoms with Crippen molar-refractivity contribution in [2.45, 2.75) is 23.1 Å². The molecule has 0 saturated carbocycles. The Morgan fingerprint density at radius 1 is 1.15 bits per heavy atom. The van der Waals surface area contributed by atoms with Crippen LogP contribution in [0, 0.1) is 11.6 Å². The van der Waals surface area contributed by atoms with E-state index < -0.39 is 11.6 Å². The number of hydrogen-bond donors (Lipinski definition) is 1. The number of halogens is 2. The summed E-state index contributed by atoms with van der Waals surface area (Å²) in [6.45, 7) is 2.60. The van der Waals surface area contributed by atoms with Gasteiger partial charge in [0.15, 0.2) is 11.6 Å². The van der Waals surface area contributed by atoms with Crippen LogP contribution >= 0.6 is 11.8 Å². The second-order valence-corrected chi connectivity index (χ2v) is 5.31. The smallest absolute Gasteiger partial charge is 0.159 e. The zero-order valence-corrected chi connectivity index (χ0v) is 11.8. The SMILES string of the molecule is CCCOc1cccc(Sc2ccc(F)c(F)c2)c1N. The summed E-state index contributed by atoms with van der Waals surface area (Å²) in [4.78, 5) is 1.34. The Kier molecular flexibility index (Phi) is 4.84. The minimum atomic E-state index is -0.869.